The van der Waals surface area contributed by atoms with Crippen LogP contribution in [0.3, 0.4) is 0 Å². The summed E-state index contributed by atoms with van der Waals surface area (Å²) in [6, 6.07) is 24.0. The van der Waals surface area contributed by atoms with E-state index in [1.165, 1.54) is 0 Å². The van der Waals surface area contributed by atoms with Gasteiger partial charge in [-0.3, -0.25) is 9.69 Å². The maximum absolute atomic E-state index is 13.8. The number of amides is 1. The molecule has 1 aliphatic heterocycles. The summed E-state index contributed by atoms with van der Waals surface area (Å²) in [4.78, 5) is 28.2. The molecule has 31 heavy (non-hydrogen) atoms. The molecule has 0 radical (unpaired) electrons. The van der Waals surface area contributed by atoms with Crippen LogP contribution in [0.5, 0.6) is 5.75 Å². The van der Waals surface area contributed by atoms with E-state index in [2.05, 4.69) is 0 Å². The molecule has 158 valence electrons. The molecule has 4 rings (SSSR count). The summed E-state index contributed by atoms with van der Waals surface area (Å²) in [5.74, 6) is 0.0220. The van der Waals surface area contributed by atoms with Crippen LogP contribution in [0.4, 0.5) is 0 Å². The predicted molar refractivity (Wildman–Crippen MR) is 119 cm³/mol. The SMILES string of the molecule is COc1ccccc1C[C@H]1C(=O)OC(C)(C)N1C(=O)c1ccccc1-c1ccccc1. The molecule has 0 spiro atoms. The van der Waals surface area contributed by atoms with Crippen LogP contribution in [0, 0.1) is 0 Å². The first-order chi connectivity index (χ1) is 14.9. The largest absolute Gasteiger partial charge is 0.496 e. The summed E-state index contributed by atoms with van der Waals surface area (Å²) in [5, 5.41) is 0. The Morgan fingerprint density at radius 3 is 2.35 bits per heavy atom. The molecule has 0 aromatic heterocycles. The standard InChI is InChI=1S/C26H25NO4/c1-26(2)27(22(25(29)31-26)17-19-13-7-10-16-23(19)30-3)24(28)21-15-9-8-14-20(21)18-11-5-4-6-12-18/h4-16,22H,17H2,1-3H3/t22-/m0/s1. The smallest absolute Gasteiger partial charge is 0.331 e. The van der Waals surface area contributed by atoms with Crippen LogP contribution < -0.4 is 4.74 Å². The van der Waals surface area contributed by atoms with Crippen LogP contribution in [0.2, 0.25) is 0 Å². The lowest BCUT2D eigenvalue weighted by molar-refractivity contribution is -0.148. The lowest BCUT2D eigenvalue weighted by Crippen LogP contribution is -2.49. The van der Waals surface area contributed by atoms with Crippen molar-refractivity contribution in [1.82, 2.24) is 4.90 Å². The normalized spacial score (nSPS) is 17.3. The van der Waals surface area contributed by atoms with E-state index < -0.39 is 17.7 Å². The molecule has 1 saturated heterocycles. The highest BCUT2D eigenvalue weighted by molar-refractivity contribution is 6.03. The number of carbonyl (C=O) groups is 2. The van der Waals surface area contributed by atoms with Crippen molar-refractivity contribution in [3.8, 4) is 16.9 Å². The molecule has 1 heterocycles. The summed E-state index contributed by atoms with van der Waals surface area (Å²) in [6.07, 6.45) is 0.311. The van der Waals surface area contributed by atoms with Crippen molar-refractivity contribution in [1.29, 1.82) is 0 Å². The molecule has 5 nitrogen and oxygen atoms in total. The number of methoxy groups -OCH3 is 1. The van der Waals surface area contributed by atoms with Gasteiger partial charge >= 0.3 is 5.97 Å². The van der Waals surface area contributed by atoms with E-state index >= 15 is 0 Å². The Morgan fingerprint density at radius 1 is 0.968 bits per heavy atom. The van der Waals surface area contributed by atoms with Crippen LogP contribution in [0.1, 0.15) is 29.8 Å². The Morgan fingerprint density at radius 2 is 1.61 bits per heavy atom. The first kappa shape index (κ1) is 20.7. The number of nitrogens with zero attached hydrogens (tertiary/aromatic N) is 1. The Balaban J connectivity index is 1.74. The molecule has 3 aromatic rings. The number of rotatable bonds is 5. The van der Waals surface area contributed by atoms with Gasteiger partial charge in [0.1, 0.15) is 11.8 Å². The lowest BCUT2D eigenvalue weighted by Gasteiger charge is -2.32. The molecular formula is C26H25NO4. The van der Waals surface area contributed by atoms with Crippen LogP contribution >= 0.6 is 0 Å². The summed E-state index contributed by atoms with van der Waals surface area (Å²) in [5.41, 5.74) is 2.07. The minimum Gasteiger partial charge on any atom is -0.496 e. The van der Waals surface area contributed by atoms with Gasteiger partial charge in [-0.05, 0) is 42.7 Å². The van der Waals surface area contributed by atoms with Gasteiger partial charge in [-0.1, -0.05) is 66.7 Å². The number of cyclic esters (lactones) is 1. The number of carbonyl (C=O) groups excluding carboxylic acids is 2. The van der Waals surface area contributed by atoms with Crippen molar-refractivity contribution >= 4 is 11.9 Å². The van der Waals surface area contributed by atoms with E-state index in [1.807, 2.05) is 72.8 Å². The zero-order valence-electron chi connectivity index (χ0n) is 17.9. The molecule has 1 atom stereocenters. The molecule has 1 fully saturated rings. The van der Waals surface area contributed by atoms with Crippen LogP contribution in [-0.4, -0.2) is 35.7 Å². The molecule has 1 aliphatic rings. The second kappa shape index (κ2) is 8.26. The average molecular weight is 415 g/mol. The van der Waals surface area contributed by atoms with Crippen LogP contribution in [0.15, 0.2) is 78.9 Å². The van der Waals surface area contributed by atoms with Crippen LogP contribution in [-0.2, 0) is 16.0 Å². The van der Waals surface area contributed by atoms with Crippen molar-refractivity contribution in [2.75, 3.05) is 7.11 Å². The van der Waals surface area contributed by atoms with E-state index in [4.69, 9.17) is 9.47 Å². The zero-order valence-corrected chi connectivity index (χ0v) is 17.9. The molecule has 3 aromatic carbocycles. The van der Waals surface area contributed by atoms with E-state index in [1.54, 1.807) is 31.9 Å². The average Bonchev–Trinajstić information content (AvgIpc) is 3.01. The Hall–Kier alpha value is -3.60. The fraction of sp³-hybridized carbons (Fsp3) is 0.231. The summed E-state index contributed by atoms with van der Waals surface area (Å²) >= 11 is 0. The molecule has 5 heteroatoms. The highest BCUT2D eigenvalue weighted by Gasteiger charge is 2.50. The molecule has 0 aliphatic carbocycles. The van der Waals surface area contributed by atoms with Crippen molar-refractivity contribution < 1.29 is 19.1 Å². The molecular weight excluding hydrogens is 390 g/mol. The number of ether oxygens (including phenoxy) is 2. The van der Waals surface area contributed by atoms with Crippen molar-refractivity contribution in [2.24, 2.45) is 0 Å². The van der Waals surface area contributed by atoms with Gasteiger partial charge < -0.3 is 9.47 Å². The van der Waals surface area contributed by atoms with E-state index in [9.17, 15) is 9.59 Å². The molecule has 0 bridgehead atoms. The third-order valence-corrected chi connectivity index (χ3v) is 5.58. The fourth-order valence-corrected chi connectivity index (χ4v) is 4.15. The summed E-state index contributed by atoms with van der Waals surface area (Å²) < 4.78 is 11.1. The number of esters is 1. The number of benzene rings is 3. The third-order valence-electron chi connectivity index (χ3n) is 5.58. The Kier molecular flexibility index (Phi) is 5.51. The van der Waals surface area contributed by atoms with Gasteiger partial charge in [-0.25, -0.2) is 4.79 Å². The first-order valence-corrected chi connectivity index (χ1v) is 10.3. The maximum Gasteiger partial charge on any atom is 0.331 e. The highest BCUT2D eigenvalue weighted by Crippen LogP contribution is 2.35. The quantitative estimate of drug-likeness (QED) is 0.567. The number of hydrogen-bond donors (Lipinski definition) is 0. The number of para-hydroxylation sites is 1. The monoisotopic (exact) mass is 415 g/mol. The minimum atomic E-state index is -1.06. The van der Waals surface area contributed by atoms with Crippen molar-refractivity contribution in [2.45, 2.75) is 32.0 Å². The molecule has 1 amide bonds. The second-order valence-corrected chi connectivity index (χ2v) is 7.99. The summed E-state index contributed by atoms with van der Waals surface area (Å²) in [6.45, 7) is 3.49. The van der Waals surface area contributed by atoms with Gasteiger partial charge in [-0.15, -0.1) is 0 Å². The molecule has 0 unspecified atom stereocenters. The van der Waals surface area contributed by atoms with Crippen molar-refractivity contribution in [3.05, 3.63) is 90.0 Å². The van der Waals surface area contributed by atoms with Gasteiger partial charge in [0.05, 0.1) is 7.11 Å². The highest BCUT2D eigenvalue weighted by atomic mass is 16.6. The second-order valence-electron chi connectivity index (χ2n) is 7.99. The molecule has 0 N–H and O–H groups in total. The number of hydrogen-bond acceptors (Lipinski definition) is 4. The predicted octanol–water partition coefficient (Wildman–Crippen LogP) is 4.71. The third kappa shape index (κ3) is 3.91. The van der Waals surface area contributed by atoms with Crippen molar-refractivity contribution in [3.63, 3.8) is 0 Å². The van der Waals surface area contributed by atoms with E-state index in [0.29, 0.717) is 17.7 Å². The zero-order chi connectivity index (χ0) is 22.0. The molecule has 0 saturated carbocycles. The van der Waals surface area contributed by atoms with Gasteiger partial charge in [0.25, 0.3) is 5.91 Å². The first-order valence-electron chi connectivity index (χ1n) is 10.3. The van der Waals surface area contributed by atoms with Gasteiger partial charge in [-0.2, -0.15) is 0 Å². The van der Waals surface area contributed by atoms with Crippen LogP contribution in [0.25, 0.3) is 11.1 Å². The Bertz CT molecular complexity index is 1110. The van der Waals surface area contributed by atoms with Gasteiger partial charge in [0.2, 0.25) is 0 Å². The maximum atomic E-state index is 13.8. The fourth-order valence-electron chi connectivity index (χ4n) is 4.15. The lowest BCUT2D eigenvalue weighted by atomic mass is 9.97. The van der Waals surface area contributed by atoms with E-state index in [-0.39, 0.29) is 5.91 Å². The minimum absolute atomic E-state index is 0.241. The Labute approximate surface area is 182 Å². The summed E-state index contributed by atoms with van der Waals surface area (Å²) in [7, 11) is 1.59. The topological polar surface area (TPSA) is 55.8 Å². The van der Waals surface area contributed by atoms with Gasteiger partial charge in [0, 0.05) is 12.0 Å². The van der Waals surface area contributed by atoms with E-state index in [0.717, 1.165) is 16.7 Å². The van der Waals surface area contributed by atoms with Gasteiger partial charge in [0.15, 0.2) is 5.72 Å².